The second-order valence-electron chi connectivity index (χ2n) is 9.66. The zero-order valence-corrected chi connectivity index (χ0v) is 20.5. The van der Waals surface area contributed by atoms with E-state index in [0.717, 1.165) is 37.2 Å². The summed E-state index contributed by atoms with van der Waals surface area (Å²) in [5, 5.41) is 0. The molecule has 1 aromatic carbocycles. The first-order valence-electron chi connectivity index (χ1n) is 11.8. The van der Waals surface area contributed by atoms with E-state index in [0.29, 0.717) is 36.9 Å². The molecule has 1 aliphatic heterocycles. The summed E-state index contributed by atoms with van der Waals surface area (Å²) in [7, 11) is 3.37. The minimum absolute atomic E-state index is 0.0154. The number of esters is 1. The van der Waals surface area contributed by atoms with E-state index in [4.69, 9.17) is 18.9 Å². The van der Waals surface area contributed by atoms with Crippen LogP contribution in [0.2, 0.25) is 0 Å². The Morgan fingerprint density at radius 1 is 1.06 bits per heavy atom. The molecule has 5 nitrogen and oxygen atoms in total. The molecule has 0 radical (unpaired) electrons. The van der Waals surface area contributed by atoms with Crippen LogP contribution in [0.15, 0.2) is 18.2 Å². The molecule has 1 heterocycles. The van der Waals surface area contributed by atoms with E-state index in [1.165, 1.54) is 5.56 Å². The molecule has 0 aliphatic carbocycles. The lowest BCUT2D eigenvalue weighted by Gasteiger charge is -2.27. The Balaban J connectivity index is 2.03. The fourth-order valence-electron chi connectivity index (χ4n) is 4.39. The van der Waals surface area contributed by atoms with Crippen LogP contribution in [0.3, 0.4) is 0 Å². The van der Waals surface area contributed by atoms with E-state index in [1.807, 2.05) is 6.07 Å². The van der Waals surface area contributed by atoms with Gasteiger partial charge in [0.15, 0.2) is 11.5 Å². The standard InChI is InChI=1S/C26H42O5/c1-17(2)21(13-19(5)24-16-22(18(3)4)26(27)31-24)14-20-9-10-23(29-7)25(15-20)30-12-8-11-28-6/h9-10,15,17-19,21-22,24H,8,11-14,16H2,1-7H3/t19-,21-,22+,24+/m1/s1. The minimum atomic E-state index is -0.0154. The van der Waals surface area contributed by atoms with Crippen molar-refractivity contribution < 1.29 is 23.7 Å². The van der Waals surface area contributed by atoms with Gasteiger partial charge in [0.1, 0.15) is 6.10 Å². The van der Waals surface area contributed by atoms with Crippen molar-refractivity contribution in [2.45, 2.75) is 66.4 Å². The quantitative estimate of drug-likeness (QED) is 0.301. The molecular formula is C26H42O5. The van der Waals surface area contributed by atoms with Gasteiger partial charge in [-0.15, -0.1) is 0 Å². The molecule has 1 aliphatic rings. The highest BCUT2D eigenvalue weighted by Gasteiger charge is 2.39. The second-order valence-corrected chi connectivity index (χ2v) is 9.66. The van der Waals surface area contributed by atoms with Gasteiger partial charge in [-0.1, -0.05) is 40.7 Å². The van der Waals surface area contributed by atoms with Gasteiger partial charge in [0.25, 0.3) is 0 Å². The molecule has 0 aromatic heterocycles. The van der Waals surface area contributed by atoms with Gasteiger partial charge < -0.3 is 18.9 Å². The number of hydrogen-bond donors (Lipinski definition) is 0. The predicted octanol–water partition coefficient (Wildman–Crippen LogP) is 5.54. The highest BCUT2D eigenvalue weighted by atomic mass is 16.6. The molecule has 4 atom stereocenters. The van der Waals surface area contributed by atoms with Gasteiger partial charge in [-0.25, -0.2) is 0 Å². The largest absolute Gasteiger partial charge is 0.493 e. The Bertz CT molecular complexity index is 684. The molecule has 0 bridgehead atoms. The molecule has 2 rings (SSSR count). The molecule has 0 amide bonds. The van der Waals surface area contributed by atoms with E-state index in [9.17, 15) is 4.79 Å². The smallest absolute Gasteiger partial charge is 0.309 e. The van der Waals surface area contributed by atoms with Gasteiger partial charge in [-0.2, -0.15) is 0 Å². The number of carbonyl (C=O) groups is 1. The summed E-state index contributed by atoms with van der Waals surface area (Å²) < 4.78 is 22.3. The normalized spacial score (nSPS) is 20.7. The maximum Gasteiger partial charge on any atom is 0.309 e. The Kier molecular flexibility index (Phi) is 10.1. The van der Waals surface area contributed by atoms with Crippen LogP contribution in [0.1, 0.15) is 59.4 Å². The van der Waals surface area contributed by atoms with Crippen LogP contribution in [0.5, 0.6) is 11.5 Å². The molecule has 1 saturated heterocycles. The first kappa shape index (κ1) is 25.5. The summed E-state index contributed by atoms with van der Waals surface area (Å²) in [4.78, 5) is 12.2. The van der Waals surface area contributed by atoms with Crippen molar-refractivity contribution in [3.8, 4) is 11.5 Å². The monoisotopic (exact) mass is 434 g/mol. The number of benzene rings is 1. The van der Waals surface area contributed by atoms with Gasteiger partial charge in [0, 0.05) is 20.1 Å². The van der Waals surface area contributed by atoms with Crippen LogP contribution in [0.25, 0.3) is 0 Å². The number of hydrogen-bond acceptors (Lipinski definition) is 5. The lowest BCUT2D eigenvalue weighted by molar-refractivity contribution is -0.146. The molecule has 31 heavy (non-hydrogen) atoms. The van der Waals surface area contributed by atoms with Crippen LogP contribution in [0, 0.1) is 29.6 Å². The Morgan fingerprint density at radius 3 is 2.39 bits per heavy atom. The predicted molar refractivity (Wildman–Crippen MR) is 124 cm³/mol. The molecule has 1 fully saturated rings. The highest BCUT2D eigenvalue weighted by Crippen LogP contribution is 2.36. The maximum absolute atomic E-state index is 12.2. The number of ether oxygens (including phenoxy) is 4. The summed E-state index contributed by atoms with van der Waals surface area (Å²) in [6.45, 7) is 12.3. The van der Waals surface area contributed by atoms with Crippen LogP contribution in [-0.4, -0.2) is 39.5 Å². The first-order valence-corrected chi connectivity index (χ1v) is 11.8. The van der Waals surface area contributed by atoms with Crippen molar-refractivity contribution in [1.82, 2.24) is 0 Å². The first-order chi connectivity index (χ1) is 14.8. The van der Waals surface area contributed by atoms with Crippen molar-refractivity contribution in [2.24, 2.45) is 29.6 Å². The Morgan fingerprint density at radius 2 is 1.81 bits per heavy atom. The number of carbonyl (C=O) groups excluding carboxylic acids is 1. The van der Waals surface area contributed by atoms with Crippen LogP contribution < -0.4 is 9.47 Å². The average molecular weight is 435 g/mol. The van der Waals surface area contributed by atoms with Gasteiger partial charge in [-0.3, -0.25) is 4.79 Å². The Hall–Kier alpha value is -1.75. The third kappa shape index (κ3) is 7.41. The lowest BCUT2D eigenvalue weighted by atomic mass is 9.79. The van der Waals surface area contributed by atoms with E-state index in [-0.39, 0.29) is 18.0 Å². The second kappa shape index (κ2) is 12.3. The van der Waals surface area contributed by atoms with Crippen LogP contribution in [-0.2, 0) is 20.7 Å². The van der Waals surface area contributed by atoms with Crippen molar-refractivity contribution in [3.63, 3.8) is 0 Å². The van der Waals surface area contributed by atoms with Gasteiger partial charge >= 0.3 is 5.97 Å². The van der Waals surface area contributed by atoms with E-state index in [2.05, 4.69) is 46.8 Å². The molecular weight excluding hydrogens is 392 g/mol. The third-order valence-corrected chi connectivity index (χ3v) is 6.59. The molecule has 0 saturated carbocycles. The molecule has 0 unspecified atom stereocenters. The number of methoxy groups -OCH3 is 2. The molecule has 176 valence electrons. The van der Waals surface area contributed by atoms with Crippen molar-refractivity contribution >= 4 is 5.97 Å². The number of cyclic esters (lactones) is 1. The SMILES string of the molecule is COCCCOc1cc(C[C@@H](C[C@@H](C)[C@@H]2C[C@@H](C(C)C)C(=O)O2)C(C)C)ccc1OC. The van der Waals surface area contributed by atoms with Crippen LogP contribution in [0.4, 0.5) is 0 Å². The molecule has 0 N–H and O–H groups in total. The summed E-state index contributed by atoms with van der Waals surface area (Å²) in [6, 6.07) is 6.23. The molecule has 0 spiro atoms. The van der Waals surface area contributed by atoms with Crippen molar-refractivity contribution in [2.75, 3.05) is 27.4 Å². The topological polar surface area (TPSA) is 54.0 Å². The fourth-order valence-corrected chi connectivity index (χ4v) is 4.39. The Labute approximate surface area is 188 Å². The van der Waals surface area contributed by atoms with Gasteiger partial charge in [0.2, 0.25) is 0 Å². The zero-order chi connectivity index (χ0) is 23.0. The fraction of sp³-hybridized carbons (Fsp3) is 0.731. The third-order valence-electron chi connectivity index (χ3n) is 6.59. The van der Waals surface area contributed by atoms with Crippen molar-refractivity contribution in [3.05, 3.63) is 23.8 Å². The van der Waals surface area contributed by atoms with E-state index in [1.54, 1.807) is 14.2 Å². The molecule has 1 aromatic rings. The summed E-state index contributed by atoms with van der Waals surface area (Å²) in [6.07, 6.45) is 3.74. The lowest BCUT2D eigenvalue weighted by Crippen LogP contribution is -2.24. The summed E-state index contributed by atoms with van der Waals surface area (Å²) in [5.74, 6) is 3.30. The van der Waals surface area contributed by atoms with E-state index >= 15 is 0 Å². The van der Waals surface area contributed by atoms with Crippen molar-refractivity contribution in [1.29, 1.82) is 0 Å². The van der Waals surface area contributed by atoms with Crippen LogP contribution >= 0.6 is 0 Å². The zero-order valence-electron chi connectivity index (χ0n) is 20.5. The molecule has 5 heteroatoms. The van der Waals surface area contributed by atoms with E-state index < -0.39 is 0 Å². The average Bonchev–Trinajstić information content (AvgIpc) is 3.13. The van der Waals surface area contributed by atoms with Gasteiger partial charge in [-0.05, 0) is 60.6 Å². The minimum Gasteiger partial charge on any atom is -0.493 e. The highest BCUT2D eigenvalue weighted by molar-refractivity contribution is 5.74. The summed E-state index contributed by atoms with van der Waals surface area (Å²) in [5.41, 5.74) is 1.25. The summed E-state index contributed by atoms with van der Waals surface area (Å²) >= 11 is 0. The number of rotatable bonds is 13. The maximum atomic E-state index is 12.2. The van der Waals surface area contributed by atoms with Gasteiger partial charge in [0.05, 0.1) is 19.6 Å².